The third-order valence-corrected chi connectivity index (χ3v) is 10.1. The molecule has 0 spiro atoms. The lowest BCUT2D eigenvalue weighted by Gasteiger charge is -2.11. The van der Waals surface area contributed by atoms with E-state index in [2.05, 4.69) is 74.6 Å². The number of fused-ring (bicyclic) bond motifs is 9. The number of aliphatic carboxylic acids is 2. The molecule has 1 aliphatic carbocycles. The second-order valence-corrected chi connectivity index (χ2v) is 13.0. The number of hydrogen-bond donors (Lipinski definition) is 2. The molecule has 0 bridgehead atoms. The Kier molecular flexibility index (Phi) is 7.08. The van der Waals surface area contributed by atoms with E-state index in [9.17, 15) is 25.1 Å². The summed E-state index contributed by atoms with van der Waals surface area (Å²) in [4.78, 5) is 26.2. The van der Waals surface area contributed by atoms with Gasteiger partial charge in [0.1, 0.15) is 11.6 Å². The van der Waals surface area contributed by atoms with Crippen LogP contribution in [0.2, 0.25) is 0 Å². The highest BCUT2D eigenvalue weighted by molar-refractivity contribution is 6.11. The van der Waals surface area contributed by atoms with Gasteiger partial charge in [-0.15, -0.1) is 0 Å². The zero-order chi connectivity index (χ0) is 36.4. The summed E-state index contributed by atoms with van der Waals surface area (Å²) in [6.07, 6.45) is 3.56. The SMILES string of the molecule is [C-]#[N+]/C(=C\c1ccc2c(c1)c1ccccc1n2-c1ccc2c(c1)Cc1cc(-n3c4ccccc4c4cc(/C=C(\C#N)C(=O)O)ccc43)ccc1-2)C(=O)O. The van der Waals surface area contributed by atoms with Gasteiger partial charge >= 0.3 is 11.9 Å². The molecular weight excluding hydrogens is 661 g/mol. The van der Waals surface area contributed by atoms with Gasteiger partial charge in [0.25, 0.3) is 5.70 Å². The molecule has 0 aliphatic heterocycles. The third-order valence-electron chi connectivity index (χ3n) is 10.1. The van der Waals surface area contributed by atoms with Crippen LogP contribution in [0.1, 0.15) is 22.3 Å². The van der Waals surface area contributed by atoms with Gasteiger partial charge in [0, 0.05) is 32.9 Å². The molecule has 9 rings (SSSR count). The van der Waals surface area contributed by atoms with E-state index in [0.29, 0.717) is 11.1 Å². The van der Waals surface area contributed by atoms with Crippen LogP contribution in [0.25, 0.3) is 83.1 Å². The van der Waals surface area contributed by atoms with Crippen molar-refractivity contribution in [2.45, 2.75) is 6.42 Å². The van der Waals surface area contributed by atoms with Crippen LogP contribution >= 0.6 is 0 Å². The van der Waals surface area contributed by atoms with Crippen molar-refractivity contribution in [2.75, 3.05) is 0 Å². The number of rotatable bonds is 6. The number of para-hydroxylation sites is 2. The molecule has 0 amide bonds. The fourth-order valence-electron chi connectivity index (χ4n) is 7.79. The van der Waals surface area contributed by atoms with E-state index in [1.807, 2.05) is 60.7 Å². The summed E-state index contributed by atoms with van der Waals surface area (Å²) in [6.45, 7) is 7.26. The lowest BCUT2D eigenvalue weighted by molar-refractivity contribution is -0.133. The Bertz CT molecular complexity index is 2860. The first-order valence-electron chi connectivity index (χ1n) is 16.8. The average Bonchev–Trinajstić information content (AvgIpc) is 3.82. The molecule has 53 heavy (non-hydrogen) atoms. The molecule has 0 unspecified atom stereocenters. The Labute approximate surface area is 302 Å². The molecule has 0 radical (unpaired) electrons. The van der Waals surface area contributed by atoms with Gasteiger partial charge in [0.15, 0.2) is 0 Å². The van der Waals surface area contributed by atoms with E-state index in [0.717, 1.165) is 61.4 Å². The van der Waals surface area contributed by atoms with E-state index >= 15 is 0 Å². The van der Waals surface area contributed by atoms with Crippen LogP contribution in [-0.2, 0) is 16.0 Å². The maximum absolute atomic E-state index is 11.5. The highest BCUT2D eigenvalue weighted by Crippen LogP contribution is 2.42. The molecule has 250 valence electrons. The summed E-state index contributed by atoms with van der Waals surface area (Å²) in [6, 6.07) is 42.7. The minimum Gasteiger partial charge on any atom is -0.486 e. The molecule has 2 aromatic heterocycles. The van der Waals surface area contributed by atoms with Gasteiger partial charge in [-0.25, -0.2) is 9.64 Å². The predicted molar refractivity (Wildman–Crippen MR) is 207 cm³/mol. The Morgan fingerprint density at radius 2 is 1.11 bits per heavy atom. The number of benzene rings is 6. The molecule has 0 fully saturated rings. The summed E-state index contributed by atoms with van der Waals surface area (Å²) >= 11 is 0. The van der Waals surface area contributed by atoms with Gasteiger partial charge < -0.3 is 19.3 Å². The summed E-state index contributed by atoms with van der Waals surface area (Å²) in [5, 5.41) is 32.1. The molecule has 8 nitrogen and oxygen atoms in total. The van der Waals surface area contributed by atoms with Crippen molar-refractivity contribution in [3.63, 3.8) is 0 Å². The average molecular weight is 687 g/mol. The lowest BCUT2D eigenvalue weighted by Crippen LogP contribution is -1.97. The second kappa shape index (κ2) is 12.0. The van der Waals surface area contributed by atoms with Crippen molar-refractivity contribution in [2.24, 2.45) is 0 Å². The van der Waals surface area contributed by atoms with Gasteiger partial charge in [-0.3, -0.25) is 4.79 Å². The number of carbonyl (C=O) groups is 2. The fourth-order valence-corrected chi connectivity index (χ4v) is 7.79. The van der Waals surface area contributed by atoms with Crippen LogP contribution in [-0.4, -0.2) is 31.3 Å². The van der Waals surface area contributed by atoms with Gasteiger partial charge in [-0.1, -0.05) is 60.7 Å². The number of nitrogens with zero attached hydrogens (tertiary/aromatic N) is 4. The predicted octanol–water partition coefficient (Wildman–Crippen LogP) is 9.79. The normalized spacial score (nSPS) is 12.6. The molecule has 0 saturated carbocycles. The molecule has 0 atom stereocenters. The number of carboxylic acids is 2. The minimum absolute atomic E-state index is 0.317. The Morgan fingerprint density at radius 1 is 0.623 bits per heavy atom. The van der Waals surface area contributed by atoms with Crippen LogP contribution in [0.3, 0.4) is 0 Å². The Morgan fingerprint density at radius 3 is 1.58 bits per heavy atom. The minimum atomic E-state index is -1.26. The van der Waals surface area contributed by atoms with Crippen LogP contribution < -0.4 is 0 Å². The number of hydrogen-bond acceptors (Lipinski definition) is 3. The molecule has 1 aliphatic rings. The molecule has 8 heteroatoms. The monoisotopic (exact) mass is 686 g/mol. The van der Waals surface area contributed by atoms with E-state index in [4.69, 9.17) is 6.57 Å². The number of aromatic nitrogens is 2. The molecular formula is C45H26N4O4. The first kappa shape index (κ1) is 31.3. The van der Waals surface area contributed by atoms with Crippen molar-refractivity contribution in [1.82, 2.24) is 9.13 Å². The third kappa shape index (κ3) is 4.97. The Hall–Kier alpha value is -7.68. The maximum atomic E-state index is 11.5. The Balaban J connectivity index is 1.12. The van der Waals surface area contributed by atoms with E-state index < -0.39 is 11.9 Å². The first-order valence-corrected chi connectivity index (χ1v) is 16.8. The zero-order valence-electron chi connectivity index (χ0n) is 27.9. The molecule has 8 aromatic rings. The smallest absolute Gasteiger partial charge is 0.346 e. The molecule has 0 saturated heterocycles. The van der Waals surface area contributed by atoms with E-state index in [-0.39, 0.29) is 11.3 Å². The number of carboxylic acid groups (broad SMARTS) is 2. The first-order chi connectivity index (χ1) is 25.8. The van der Waals surface area contributed by atoms with Crippen molar-refractivity contribution < 1.29 is 19.8 Å². The van der Waals surface area contributed by atoms with Crippen LogP contribution in [0.5, 0.6) is 0 Å². The van der Waals surface area contributed by atoms with Crippen LogP contribution in [0, 0.1) is 17.9 Å². The lowest BCUT2D eigenvalue weighted by atomic mass is 10.0. The zero-order valence-corrected chi connectivity index (χ0v) is 27.9. The van der Waals surface area contributed by atoms with Crippen molar-refractivity contribution >= 4 is 67.7 Å². The van der Waals surface area contributed by atoms with Gasteiger partial charge in [0.05, 0.1) is 28.6 Å². The van der Waals surface area contributed by atoms with Crippen molar-refractivity contribution in [1.29, 1.82) is 5.26 Å². The topological polar surface area (TPSA) is 113 Å². The van der Waals surface area contributed by atoms with Crippen LogP contribution in [0.15, 0.2) is 133 Å². The van der Waals surface area contributed by atoms with Crippen molar-refractivity contribution in [3.05, 3.63) is 166 Å². The van der Waals surface area contributed by atoms with E-state index in [1.165, 1.54) is 34.4 Å². The summed E-state index contributed by atoms with van der Waals surface area (Å²) in [7, 11) is 0. The standard InChI is InChI=1S/C45H26N4O4/c1-47-39(45(52)53)21-27-11-17-43-38(20-27)36-7-3-5-9-41(36)49(43)32-13-15-34-29(24-32)22-28-23-31(12-14-33(28)34)48-40-8-4-2-6-35(40)37-19-26(10-16-42(37)48)18-30(25-46)44(50)51/h2-21,23-24H,22H2,(H,50,51)(H,52,53)/b30-18+,39-21-. The summed E-state index contributed by atoms with van der Waals surface area (Å²) < 4.78 is 4.46. The maximum Gasteiger partial charge on any atom is 0.346 e. The van der Waals surface area contributed by atoms with Crippen LogP contribution in [0.4, 0.5) is 0 Å². The highest BCUT2D eigenvalue weighted by Gasteiger charge is 2.22. The molecule has 6 aromatic carbocycles. The quantitative estimate of drug-likeness (QED) is 0.103. The largest absolute Gasteiger partial charge is 0.486 e. The summed E-state index contributed by atoms with van der Waals surface area (Å²) in [5.74, 6) is -2.50. The molecule has 2 N–H and O–H groups in total. The second-order valence-electron chi connectivity index (χ2n) is 13.0. The fraction of sp³-hybridized carbons (Fsp3) is 0.0222. The van der Waals surface area contributed by atoms with Crippen molar-refractivity contribution in [3.8, 4) is 28.6 Å². The van der Waals surface area contributed by atoms with Gasteiger partial charge in [-0.05, 0) is 113 Å². The van der Waals surface area contributed by atoms with Gasteiger partial charge in [0.2, 0.25) is 0 Å². The number of nitriles is 1. The highest BCUT2D eigenvalue weighted by atomic mass is 16.4. The van der Waals surface area contributed by atoms with E-state index in [1.54, 1.807) is 6.07 Å². The summed E-state index contributed by atoms with van der Waals surface area (Å²) in [5.41, 5.74) is 11.5. The molecule has 2 heterocycles. The van der Waals surface area contributed by atoms with Gasteiger partial charge in [-0.2, -0.15) is 5.26 Å².